The maximum absolute atomic E-state index is 12.5. The zero-order valence-electron chi connectivity index (χ0n) is 10.6. The van der Waals surface area contributed by atoms with E-state index in [1.807, 2.05) is 0 Å². The van der Waals surface area contributed by atoms with Crippen LogP contribution in [0.25, 0.3) is 0 Å². The number of benzene rings is 2. The van der Waals surface area contributed by atoms with Gasteiger partial charge in [0.25, 0.3) is 10.0 Å². The SMILES string of the molecule is CN(c1ccc(O)cc1)S(=O)(=O)c1ccc(N)c(Br)c1. The molecule has 0 amide bonds. The van der Waals surface area contributed by atoms with Crippen molar-refractivity contribution < 1.29 is 13.5 Å². The molecular formula is C13H13BrN2O3S. The number of rotatable bonds is 3. The van der Waals surface area contributed by atoms with Crippen LogP contribution < -0.4 is 10.0 Å². The zero-order valence-corrected chi connectivity index (χ0v) is 13.0. The summed E-state index contributed by atoms with van der Waals surface area (Å²) in [7, 11) is -2.23. The Morgan fingerprint density at radius 1 is 1.15 bits per heavy atom. The third-order valence-electron chi connectivity index (χ3n) is 2.84. The fraction of sp³-hybridized carbons (Fsp3) is 0.0769. The van der Waals surface area contributed by atoms with Crippen LogP contribution in [-0.4, -0.2) is 20.6 Å². The van der Waals surface area contributed by atoms with Gasteiger partial charge in [-0.05, 0) is 58.4 Å². The molecule has 0 atom stereocenters. The lowest BCUT2D eigenvalue weighted by Crippen LogP contribution is -2.26. The van der Waals surface area contributed by atoms with E-state index < -0.39 is 10.0 Å². The number of nitrogens with zero attached hydrogens (tertiary/aromatic N) is 1. The first-order valence-electron chi connectivity index (χ1n) is 5.65. The summed E-state index contributed by atoms with van der Waals surface area (Å²) in [5, 5.41) is 9.24. The van der Waals surface area contributed by atoms with E-state index >= 15 is 0 Å². The van der Waals surface area contributed by atoms with Crippen LogP contribution in [0, 0.1) is 0 Å². The van der Waals surface area contributed by atoms with E-state index in [4.69, 9.17) is 5.73 Å². The average molecular weight is 357 g/mol. The summed E-state index contributed by atoms with van der Waals surface area (Å²) < 4.78 is 26.6. The third-order valence-corrected chi connectivity index (χ3v) is 5.31. The van der Waals surface area contributed by atoms with Crippen molar-refractivity contribution in [3.8, 4) is 5.75 Å². The molecule has 20 heavy (non-hydrogen) atoms. The predicted octanol–water partition coefficient (Wildman–Crippen LogP) is 2.56. The highest BCUT2D eigenvalue weighted by molar-refractivity contribution is 9.10. The van der Waals surface area contributed by atoms with Crippen molar-refractivity contribution in [3.05, 3.63) is 46.9 Å². The standard InChI is InChI=1S/C13H13BrN2O3S/c1-16(9-2-4-10(17)5-3-9)20(18,19)11-6-7-13(15)12(14)8-11/h2-8,17H,15H2,1H3. The maximum atomic E-state index is 12.5. The summed E-state index contributed by atoms with van der Waals surface area (Å²) in [6.07, 6.45) is 0. The van der Waals surface area contributed by atoms with Crippen molar-refractivity contribution in [3.63, 3.8) is 0 Å². The first kappa shape index (κ1) is 14.7. The molecule has 0 unspecified atom stereocenters. The van der Waals surface area contributed by atoms with E-state index in [1.165, 1.54) is 49.5 Å². The molecule has 0 aliphatic rings. The normalized spacial score (nSPS) is 11.3. The lowest BCUT2D eigenvalue weighted by Gasteiger charge is -2.19. The van der Waals surface area contributed by atoms with Crippen molar-refractivity contribution >= 4 is 37.3 Å². The Kier molecular flexibility index (Phi) is 3.92. The van der Waals surface area contributed by atoms with Gasteiger partial charge in [-0.3, -0.25) is 4.31 Å². The Balaban J connectivity index is 2.43. The Hall–Kier alpha value is -1.73. The van der Waals surface area contributed by atoms with Crippen LogP contribution in [0.3, 0.4) is 0 Å². The van der Waals surface area contributed by atoms with Crippen molar-refractivity contribution in [1.29, 1.82) is 0 Å². The average Bonchev–Trinajstić information content (AvgIpc) is 2.41. The van der Waals surface area contributed by atoms with Crippen LogP contribution in [0.5, 0.6) is 5.75 Å². The molecular weight excluding hydrogens is 344 g/mol. The van der Waals surface area contributed by atoms with E-state index in [9.17, 15) is 13.5 Å². The van der Waals surface area contributed by atoms with E-state index in [-0.39, 0.29) is 10.6 Å². The van der Waals surface area contributed by atoms with Crippen LogP contribution in [0.4, 0.5) is 11.4 Å². The molecule has 0 saturated heterocycles. The van der Waals surface area contributed by atoms with Crippen LogP contribution >= 0.6 is 15.9 Å². The van der Waals surface area contributed by atoms with Crippen LogP contribution in [-0.2, 0) is 10.0 Å². The van der Waals surface area contributed by atoms with Gasteiger partial charge in [0.1, 0.15) is 5.75 Å². The van der Waals surface area contributed by atoms with Gasteiger partial charge in [-0.2, -0.15) is 0 Å². The summed E-state index contributed by atoms with van der Waals surface area (Å²) in [6, 6.07) is 10.4. The Bertz CT molecular complexity index is 730. The summed E-state index contributed by atoms with van der Waals surface area (Å²) >= 11 is 3.21. The fourth-order valence-electron chi connectivity index (χ4n) is 1.63. The number of halogens is 1. The van der Waals surface area contributed by atoms with E-state index in [0.29, 0.717) is 15.8 Å². The Morgan fingerprint density at radius 3 is 2.30 bits per heavy atom. The summed E-state index contributed by atoms with van der Waals surface area (Å²) in [4.78, 5) is 0.133. The number of nitrogens with two attached hydrogens (primary N) is 1. The van der Waals surface area contributed by atoms with Crippen LogP contribution in [0.1, 0.15) is 0 Å². The van der Waals surface area contributed by atoms with Crippen LogP contribution in [0.15, 0.2) is 51.8 Å². The topological polar surface area (TPSA) is 83.6 Å². The first-order valence-corrected chi connectivity index (χ1v) is 7.88. The molecule has 7 heteroatoms. The zero-order chi connectivity index (χ0) is 14.9. The molecule has 106 valence electrons. The molecule has 0 heterocycles. The number of anilines is 2. The summed E-state index contributed by atoms with van der Waals surface area (Å²) in [5.41, 5.74) is 6.58. The quantitative estimate of drug-likeness (QED) is 0.827. The largest absolute Gasteiger partial charge is 0.508 e. The van der Waals surface area contributed by atoms with Gasteiger partial charge < -0.3 is 10.8 Å². The van der Waals surface area contributed by atoms with Crippen molar-refractivity contribution in [2.24, 2.45) is 0 Å². The second-order valence-electron chi connectivity index (χ2n) is 4.17. The van der Waals surface area contributed by atoms with Gasteiger partial charge in [0.05, 0.1) is 10.6 Å². The smallest absolute Gasteiger partial charge is 0.264 e. The summed E-state index contributed by atoms with van der Waals surface area (Å²) in [6.45, 7) is 0. The highest BCUT2D eigenvalue weighted by Gasteiger charge is 2.21. The van der Waals surface area contributed by atoms with Crippen molar-refractivity contribution in [2.45, 2.75) is 4.90 Å². The highest BCUT2D eigenvalue weighted by Crippen LogP contribution is 2.27. The minimum atomic E-state index is -3.68. The number of phenolic OH excluding ortho intramolecular Hbond substituents is 1. The molecule has 0 bridgehead atoms. The summed E-state index contributed by atoms with van der Waals surface area (Å²) in [5.74, 6) is 0.0785. The monoisotopic (exact) mass is 356 g/mol. The molecule has 5 nitrogen and oxygen atoms in total. The molecule has 0 saturated carbocycles. The number of hydrogen-bond acceptors (Lipinski definition) is 4. The molecule has 0 radical (unpaired) electrons. The lowest BCUT2D eigenvalue weighted by molar-refractivity contribution is 0.475. The van der Waals surface area contributed by atoms with E-state index in [1.54, 1.807) is 0 Å². The van der Waals surface area contributed by atoms with Crippen LogP contribution in [0.2, 0.25) is 0 Å². The molecule has 3 N–H and O–H groups in total. The minimum Gasteiger partial charge on any atom is -0.508 e. The van der Waals surface area contributed by atoms with Gasteiger partial charge in [-0.15, -0.1) is 0 Å². The molecule has 2 aromatic carbocycles. The molecule has 0 aromatic heterocycles. The van der Waals surface area contributed by atoms with Gasteiger partial charge in [0.2, 0.25) is 0 Å². The second-order valence-corrected chi connectivity index (χ2v) is 7.00. The number of phenols is 1. The third kappa shape index (κ3) is 2.73. The molecule has 2 aromatic rings. The van der Waals surface area contributed by atoms with E-state index in [0.717, 1.165) is 4.31 Å². The van der Waals surface area contributed by atoms with Gasteiger partial charge in [-0.25, -0.2) is 8.42 Å². The van der Waals surface area contributed by atoms with Gasteiger partial charge >= 0.3 is 0 Å². The van der Waals surface area contributed by atoms with Crippen molar-refractivity contribution in [2.75, 3.05) is 17.1 Å². The van der Waals surface area contributed by atoms with Gasteiger partial charge in [0, 0.05) is 17.2 Å². The number of nitrogen functional groups attached to an aromatic ring is 1. The predicted molar refractivity (Wildman–Crippen MR) is 82.3 cm³/mol. The highest BCUT2D eigenvalue weighted by atomic mass is 79.9. The molecule has 0 aliphatic heterocycles. The fourth-order valence-corrected chi connectivity index (χ4v) is 3.38. The number of hydrogen-bond donors (Lipinski definition) is 2. The van der Waals surface area contributed by atoms with Gasteiger partial charge in [-0.1, -0.05) is 0 Å². The molecule has 0 spiro atoms. The minimum absolute atomic E-state index is 0.0785. The lowest BCUT2D eigenvalue weighted by atomic mass is 10.3. The molecule has 2 rings (SSSR count). The molecule has 0 aliphatic carbocycles. The number of aromatic hydroxyl groups is 1. The first-order chi connectivity index (χ1) is 9.32. The van der Waals surface area contributed by atoms with E-state index in [2.05, 4.69) is 15.9 Å². The maximum Gasteiger partial charge on any atom is 0.264 e. The van der Waals surface area contributed by atoms with Gasteiger partial charge in [0.15, 0.2) is 0 Å². The van der Waals surface area contributed by atoms with Crippen molar-refractivity contribution in [1.82, 2.24) is 0 Å². The Labute approximate surface area is 125 Å². The number of sulfonamides is 1. The Morgan fingerprint density at radius 2 is 1.75 bits per heavy atom. The molecule has 0 fully saturated rings. The second kappa shape index (κ2) is 5.34.